The average molecular weight is 241 g/mol. The normalized spacial score (nSPS) is 20.6. The number of halogens is 1. The lowest BCUT2D eigenvalue weighted by Crippen LogP contribution is -2.07. The van der Waals surface area contributed by atoms with E-state index in [1.54, 1.807) is 0 Å². The van der Waals surface area contributed by atoms with Gasteiger partial charge in [-0.05, 0) is 31.2 Å². The van der Waals surface area contributed by atoms with Gasteiger partial charge in [0.2, 0.25) is 0 Å². The Bertz CT molecular complexity index is 362. The first-order valence-electron chi connectivity index (χ1n) is 5.80. The SMILES string of the molecule is CC(C)Cc1cc(Cl)nc(C2CCCO2)n1. The van der Waals surface area contributed by atoms with Crippen LogP contribution in [0.2, 0.25) is 5.15 Å². The standard InChI is InChI=1S/C12H17ClN2O/c1-8(2)6-9-7-11(13)15-12(14-9)10-4-3-5-16-10/h7-8,10H,3-6H2,1-2H3. The lowest BCUT2D eigenvalue weighted by Gasteiger charge is -2.11. The van der Waals surface area contributed by atoms with Crippen LogP contribution in [-0.2, 0) is 11.2 Å². The Hall–Kier alpha value is -0.670. The highest BCUT2D eigenvalue weighted by molar-refractivity contribution is 6.29. The third-order valence-electron chi connectivity index (χ3n) is 2.60. The molecule has 1 fully saturated rings. The quantitative estimate of drug-likeness (QED) is 0.762. The Morgan fingerprint density at radius 3 is 2.94 bits per heavy atom. The van der Waals surface area contributed by atoms with Gasteiger partial charge in [-0.25, -0.2) is 9.97 Å². The summed E-state index contributed by atoms with van der Waals surface area (Å²) >= 11 is 6.01. The minimum Gasteiger partial charge on any atom is -0.370 e. The molecule has 16 heavy (non-hydrogen) atoms. The lowest BCUT2D eigenvalue weighted by atomic mass is 10.1. The fraction of sp³-hybridized carbons (Fsp3) is 0.667. The van der Waals surface area contributed by atoms with Crippen LogP contribution >= 0.6 is 11.6 Å². The summed E-state index contributed by atoms with van der Waals surface area (Å²) in [5.74, 6) is 1.32. The molecule has 1 aromatic heterocycles. The van der Waals surface area contributed by atoms with Crippen molar-refractivity contribution in [1.29, 1.82) is 0 Å². The van der Waals surface area contributed by atoms with Gasteiger partial charge in [0, 0.05) is 12.3 Å². The molecule has 0 spiro atoms. The molecule has 0 bridgehead atoms. The number of ether oxygens (including phenoxy) is 1. The number of hydrogen-bond donors (Lipinski definition) is 0. The third kappa shape index (κ3) is 2.92. The predicted molar refractivity (Wildman–Crippen MR) is 63.5 cm³/mol. The molecule has 3 nitrogen and oxygen atoms in total. The zero-order valence-corrected chi connectivity index (χ0v) is 10.5. The predicted octanol–water partition coefficient (Wildman–Crippen LogP) is 3.18. The molecule has 88 valence electrons. The van der Waals surface area contributed by atoms with E-state index >= 15 is 0 Å². The van der Waals surface area contributed by atoms with Crippen LogP contribution in [0.15, 0.2) is 6.07 Å². The van der Waals surface area contributed by atoms with E-state index < -0.39 is 0 Å². The molecule has 1 saturated heterocycles. The molecule has 1 atom stereocenters. The highest BCUT2D eigenvalue weighted by Crippen LogP contribution is 2.27. The monoisotopic (exact) mass is 240 g/mol. The van der Waals surface area contributed by atoms with Gasteiger partial charge in [0.05, 0.1) is 0 Å². The summed E-state index contributed by atoms with van der Waals surface area (Å²) in [7, 11) is 0. The molecule has 2 heterocycles. The van der Waals surface area contributed by atoms with Gasteiger partial charge in [0.15, 0.2) is 5.82 Å². The molecule has 0 saturated carbocycles. The molecular weight excluding hydrogens is 224 g/mol. The van der Waals surface area contributed by atoms with Crippen molar-refractivity contribution in [3.63, 3.8) is 0 Å². The Morgan fingerprint density at radius 1 is 1.50 bits per heavy atom. The van der Waals surface area contributed by atoms with E-state index in [2.05, 4.69) is 23.8 Å². The van der Waals surface area contributed by atoms with E-state index in [0.29, 0.717) is 11.1 Å². The second-order valence-electron chi connectivity index (χ2n) is 4.64. The second kappa shape index (κ2) is 5.11. The van der Waals surface area contributed by atoms with Gasteiger partial charge < -0.3 is 4.74 Å². The molecule has 2 rings (SSSR count). The molecule has 0 aromatic carbocycles. The molecule has 0 radical (unpaired) electrons. The van der Waals surface area contributed by atoms with Crippen LogP contribution in [0.1, 0.15) is 44.3 Å². The lowest BCUT2D eigenvalue weighted by molar-refractivity contribution is 0.105. The second-order valence-corrected chi connectivity index (χ2v) is 5.03. The van der Waals surface area contributed by atoms with Crippen LogP contribution < -0.4 is 0 Å². The first kappa shape index (κ1) is 11.8. The van der Waals surface area contributed by atoms with Crippen molar-refractivity contribution in [1.82, 2.24) is 9.97 Å². The smallest absolute Gasteiger partial charge is 0.159 e. The topological polar surface area (TPSA) is 35.0 Å². The molecule has 0 amide bonds. The Balaban J connectivity index is 2.20. The maximum Gasteiger partial charge on any atom is 0.159 e. The van der Waals surface area contributed by atoms with Crippen molar-refractivity contribution in [3.05, 3.63) is 22.7 Å². The molecular formula is C12H17ClN2O. The van der Waals surface area contributed by atoms with Gasteiger partial charge in [-0.15, -0.1) is 0 Å². The molecule has 1 aliphatic heterocycles. The maximum atomic E-state index is 6.01. The first-order chi connectivity index (χ1) is 7.65. The fourth-order valence-corrected chi connectivity index (χ4v) is 2.14. The summed E-state index contributed by atoms with van der Waals surface area (Å²) in [5, 5.41) is 0.524. The summed E-state index contributed by atoms with van der Waals surface area (Å²) < 4.78 is 5.57. The summed E-state index contributed by atoms with van der Waals surface area (Å²) in [6, 6.07) is 1.85. The Kier molecular flexibility index (Phi) is 3.77. The van der Waals surface area contributed by atoms with E-state index in [1.165, 1.54) is 0 Å². The third-order valence-corrected chi connectivity index (χ3v) is 2.79. The molecule has 1 aromatic rings. The van der Waals surface area contributed by atoms with E-state index in [0.717, 1.165) is 37.4 Å². The Labute approximate surface area is 101 Å². The van der Waals surface area contributed by atoms with Crippen LogP contribution in [0.25, 0.3) is 0 Å². The highest BCUT2D eigenvalue weighted by Gasteiger charge is 2.21. The van der Waals surface area contributed by atoms with Gasteiger partial charge in [-0.1, -0.05) is 25.4 Å². The molecule has 4 heteroatoms. The average Bonchev–Trinajstić information content (AvgIpc) is 2.67. The van der Waals surface area contributed by atoms with Crippen molar-refractivity contribution in [2.75, 3.05) is 6.61 Å². The van der Waals surface area contributed by atoms with Crippen molar-refractivity contribution >= 4 is 11.6 Å². The fourth-order valence-electron chi connectivity index (χ4n) is 1.93. The van der Waals surface area contributed by atoms with Crippen LogP contribution in [0.4, 0.5) is 0 Å². The summed E-state index contributed by atoms with van der Waals surface area (Å²) in [5.41, 5.74) is 1.01. The summed E-state index contributed by atoms with van der Waals surface area (Å²) in [6.45, 7) is 5.14. The van der Waals surface area contributed by atoms with Crippen molar-refractivity contribution in [2.24, 2.45) is 5.92 Å². The van der Waals surface area contributed by atoms with Gasteiger partial charge in [0.1, 0.15) is 11.3 Å². The summed E-state index contributed by atoms with van der Waals surface area (Å²) in [4.78, 5) is 8.79. The van der Waals surface area contributed by atoms with Gasteiger partial charge in [-0.3, -0.25) is 0 Å². The summed E-state index contributed by atoms with van der Waals surface area (Å²) in [6.07, 6.45) is 3.06. The number of nitrogens with zero attached hydrogens (tertiary/aromatic N) is 2. The van der Waals surface area contributed by atoms with Crippen molar-refractivity contribution in [3.8, 4) is 0 Å². The van der Waals surface area contributed by atoms with Gasteiger partial charge in [-0.2, -0.15) is 0 Å². The molecule has 0 N–H and O–H groups in total. The van der Waals surface area contributed by atoms with Crippen LogP contribution in [0.5, 0.6) is 0 Å². The van der Waals surface area contributed by atoms with Crippen LogP contribution in [0.3, 0.4) is 0 Å². The number of hydrogen-bond acceptors (Lipinski definition) is 3. The highest BCUT2D eigenvalue weighted by atomic mass is 35.5. The van der Waals surface area contributed by atoms with Crippen molar-refractivity contribution in [2.45, 2.75) is 39.2 Å². The Morgan fingerprint density at radius 2 is 2.31 bits per heavy atom. The van der Waals surface area contributed by atoms with Crippen LogP contribution in [0, 0.1) is 5.92 Å². The zero-order chi connectivity index (χ0) is 11.5. The van der Waals surface area contributed by atoms with Gasteiger partial charge in [0.25, 0.3) is 0 Å². The zero-order valence-electron chi connectivity index (χ0n) is 9.74. The number of rotatable bonds is 3. The first-order valence-corrected chi connectivity index (χ1v) is 6.18. The number of aromatic nitrogens is 2. The van der Waals surface area contributed by atoms with Crippen LogP contribution in [-0.4, -0.2) is 16.6 Å². The van der Waals surface area contributed by atoms with Crippen molar-refractivity contribution < 1.29 is 4.74 Å². The minimum atomic E-state index is 0.0459. The molecule has 1 unspecified atom stereocenters. The molecule has 1 aliphatic rings. The van der Waals surface area contributed by atoms with E-state index in [1.807, 2.05) is 6.07 Å². The van der Waals surface area contributed by atoms with Gasteiger partial charge >= 0.3 is 0 Å². The van der Waals surface area contributed by atoms with E-state index in [4.69, 9.17) is 16.3 Å². The minimum absolute atomic E-state index is 0.0459. The van der Waals surface area contributed by atoms with E-state index in [-0.39, 0.29) is 6.10 Å². The van der Waals surface area contributed by atoms with E-state index in [9.17, 15) is 0 Å². The molecule has 0 aliphatic carbocycles. The largest absolute Gasteiger partial charge is 0.370 e. The maximum absolute atomic E-state index is 6.01.